The van der Waals surface area contributed by atoms with E-state index in [1.807, 2.05) is 42.5 Å². The van der Waals surface area contributed by atoms with Crippen molar-refractivity contribution in [2.24, 2.45) is 0 Å². The molecule has 1 heterocycles. The van der Waals surface area contributed by atoms with Crippen molar-refractivity contribution < 1.29 is 14.6 Å². The Morgan fingerprint density at radius 3 is 2.74 bits per heavy atom. The Labute approximate surface area is 135 Å². The van der Waals surface area contributed by atoms with Crippen LogP contribution >= 0.6 is 0 Å². The molecule has 0 saturated heterocycles. The van der Waals surface area contributed by atoms with Crippen LogP contribution in [0.5, 0.6) is 5.75 Å². The summed E-state index contributed by atoms with van der Waals surface area (Å²) in [4.78, 5) is 15.7. The molecule has 0 aliphatic heterocycles. The van der Waals surface area contributed by atoms with Gasteiger partial charge in [-0.05, 0) is 42.8 Å². The molecule has 0 fully saturated rings. The summed E-state index contributed by atoms with van der Waals surface area (Å²) >= 11 is 0. The molecule has 0 spiro atoms. The van der Waals surface area contributed by atoms with E-state index in [9.17, 15) is 4.79 Å². The molecule has 1 amide bonds. The highest BCUT2D eigenvalue weighted by Gasteiger charge is 1.99. The molecule has 2 rings (SSSR count). The van der Waals surface area contributed by atoms with Crippen molar-refractivity contribution >= 4 is 12.0 Å². The third-order valence-corrected chi connectivity index (χ3v) is 2.99. The topological polar surface area (TPSA) is 71.5 Å². The molecule has 2 N–H and O–H groups in total. The molecule has 0 aliphatic carbocycles. The van der Waals surface area contributed by atoms with Crippen molar-refractivity contribution in [1.29, 1.82) is 0 Å². The predicted octanol–water partition coefficient (Wildman–Crippen LogP) is 2.17. The van der Waals surface area contributed by atoms with E-state index < -0.39 is 6.10 Å². The molecule has 0 saturated carbocycles. The average Bonchev–Trinajstić information content (AvgIpc) is 2.58. The molecule has 1 unspecified atom stereocenters. The van der Waals surface area contributed by atoms with Gasteiger partial charge in [0.1, 0.15) is 12.4 Å². The van der Waals surface area contributed by atoms with Crippen LogP contribution in [0, 0.1) is 0 Å². The van der Waals surface area contributed by atoms with Crippen LogP contribution in [0.1, 0.15) is 18.2 Å². The highest BCUT2D eigenvalue weighted by Crippen LogP contribution is 2.14. The first-order chi connectivity index (χ1) is 11.1. The van der Waals surface area contributed by atoms with Gasteiger partial charge < -0.3 is 15.2 Å². The van der Waals surface area contributed by atoms with Crippen molar-refractivity contribution in [3.05, 3.63) is 66.0 Å². The van der Waals surface area contributed by atoms with Gasteiger partial charge in [0, 0.05) is 18.8 Å². The molecule has 5 nitrogen and oxygen atoms in total. The predicted molar refractivity (Wildman–Crippen MR) is 88.7 cm³/mol. The summed E-state index contributed by atoms with van der Waals surface area (Å²) in [5, 5.41) is 11.7. The number of ether oxygens (including phenoxy) is 1. The minimum Gasteiger partial charge on any atom is -0.487 e. The van der Waals surface area contributed by atoms with Crippen LogP contribution in [-0.4, -0.2) is 28.6 Å². The lowest BCUT2D eigenvalue weighted by atomic mass is 10.2. The molecule has 0 radical (unpaired) electrons. The molecular weight excluding hydrogens is 292 g/mol. The van der Waals surface area contributed by atoms with E-state index in [0.717, 1.165) is 17.0 Å². The summed E-state index contributed by atoms with van der Waals surface area (Å²) in [7, 11) is 0. The minimum atomic E-state index is -0.553. The van der Waals surface area contributed by atoms with Crippen molar-refractivity contribution in [2.45, 2.75) is 19.6 Å². The fraction of sp³-hybridized carbons (Fsp3) is 0.222. The number of benzene rings is 1. The first-order valence-electron chi connectivity index (χ1n) is 7.40. The number of aliphatic hydroxyl groups excluding tert-OH is 1. The van der Waals surface area contributed by atoms with Gasteiger partial charge in [-0.15, -0.1) is 0 Å². The summed E-state index contributed by atoms with van der Waals surface area (Å²) in [6.45, 7) is 2.27. The second kappa shape index (κ2) is 8.70. The first-order valence-corrected chi connectivity index (χ1v) is 7.40. The number of rotatable bonds is 7. The van der Waals surface area contributed by atoms with Crippen LogP contribution in [0.25, 0.3) is 6.08 Å². The van der Waals surface area contributed by atoms with Gasteiger partial charge in [0.15, 0.2) is 0 Å². The highest BCUT2D eigenvalue weighted by molar-refractivity contribution is 5.91. The van der Waals surface area contributed by atoms with Gasteiger partial charge in [0.2, 0.25) is 5.91 Å². The maximum Gasteiger partial charge on any atom is 0.244 e. The average molecular weight is 312 g/mol. The van der Waals surface area contributed by atoms with Gasteiger partial charge >= 0.3 is 0 Å². The van der Waals surface area contributed by atoms with E-state index in [2.05, 4.69) is 10.3 Å². The molecule has 1 aromatic heterocycles. The summed E-state index contributed by atoms with van der Waals surface area (Å²) in [5.41, 5.74) is 1.76. The fourth-order valence-electron chi connectivity index (χ4n) is 1.80. The van der Waals surface area contributed by atoms with Crippen molar-refractivity contribution in [3.8, 4) is 5.75 Å². The van der Waals surface area contributed by atoms with Crippen LogP contribution < -0.4 is 10.1 Å². The Morgan fingerprint density at radius 2 is 2.09 bits per heavy atom. The number of carbonyl (C=O) groups is 1. The first kappa shape index (κ1) is 16.7. The lowest BCUT2D eigenvalue weighted by Gasteiger charge is -2.06. The number of hydrogen-bond donors (Lipinski definition) is 2. The van der Waals surface area contributed by atoms with Gasteiger partial charge in [-0.3, -0.25) is 9.78 Å². The molecule has 1 aromatic carbocycles. The maximum absolute atomic E-state index is 11.5. The number of carbonyl (C=O) groups excluding carboxylic acids is 1. The molecule has 0 bridgehead atoms. The number of amides is 1. The quantitative estimate of drug-likeness (QED) is 0.769. The standard InChI is InChI=1S/C18H20N2O3/c1-14(21)12-20-18(22)10-7-15-5-8-17(9-6-15)23-13-16-4-2-3-11-19-16/h2-11,14,21H,12-13H2,1H3,(H,20,22)/b10-7+. The summed E-state index contributed by atoms with van der Waals surface area (Å²) in [6, 6.07) is 13.1. The number of pyridine rings is 1. The summed E-state index contributed by atoms with van der Waals surface area (Å²) < 4.78 is 5.64. The number of aliphatic hydroxyl groups is 1. The van der Waals surface area contributed by atoms with Gasteiger partial charge in [-0.25, -0.2) is 0 Å². The van der Waals surface area contributed by atoms with Gasteiger partial charge in [-0.1, -0.05) is 18.2 Å². The highest BCUT2D eigenvalue weighted by atomic mass is 16.5. The van der Waals surface area contributed by atoms with E-state index in [-0.39, 0.29) is 12.5 Å². The maximum atomic E-state index is 11.5. The third kappa shape index (κ3) is 6.32. The largest absolute Gasteiger partial charge is 0.487 e. The normalized spacial score (nSPS) is 12.1. The molecular formula is C18H20N2O3. The van der Waals surface area contributed by atoms with Crippen LogP contribution in [0.3, 0.4) is 0 Å². The number of nitrogens with one attached hydrogen (secondary N) is 1. The molecule has 5 heteroatoms. The van der Waals surface area contributed by atoms with E-state index in [1.54, 1.807) is 19.2 Å². The number of nitrogens with zero attached hydrogens (tertiary/aromatic N) is 1. The minimum absolute atomic E-state index is 0.235. The van der Waals surface area contributed by atoms with Crippen molar-refractivity contribution in [2.75, 3.05) is 6.54 Å². The van der Waals surface area contributed by atoms with Crippen molar-refractivity contribution in [3.63, 3.8) is 0 Å². The zero-order valence-electron chi connectivity index (χ0n) is 13.0. The third-order valence-electron chi connectivity index (χ3n) is 2.99. The Morgan fingerprint density at radius 1 is 1.30 bits per heavy atom. The van der Waals surface area contributed by atoms with Crippen LogP contribution in [0.15, 0.2) is 54.7 Å². The fourth-order valence-corrected chi connectivity index (χ4v) is 1.80. The van der Waals surface area contributed by atoms with Gasteiger partial charge in [0.25, 0.3) is 0 Å². The zero-order valence-corrected chi connectivity index (χ0v) is 13.0. The second-order valence-electron chi connectivity index (χ2n) is 5.11. The van der Waals surface area contributed by atoms with E-state index in [4.69, 9.17) is 9.84 Å². The number of hydrogen-bond acceptors (Lipinski definition) is 4. The molecule has 120 valence electrons. The Balaban J connectivity index is 1.83. The van der Waals surface area contributed by atoms with Crippen LogP contribution in [0.4, 0.5) is 0 Å². The smallest absolute Gasteiger partial charge is 0.244 e. The Hall–Kier alpha value is -2.66. The molecule has 2 aromatic rings. The molecule has 1 atom stereocenters. The van der Waals surface area contributed by atoms with Crippen LogP contribution in [0.2, 0.25) is 0 Å². The van der Waals surface area contributed by atoms with E-state index in [1.165, 1.54) is 6.08 Å². The van der Waals surface area contributed by atoms with Crippen LogP contribution in [-0.2, 0) is 11.4 Å². The number of aromatic nitrogens is 1. The van der Waals surface area contributed by atoms with Crippen molar-refractivity contribution in [1.82, 2.24) is 10.3 Å². The lowest BCUT2D eigenvalue weighted by Crippen LogP contribution is -2.28. The SMILES string of the molecule is CC(O)CNC(=O)/C=C/c1ccc(OCc2ccccn2)cc1. The summed E-state index contributed by atoms with van der Waals surface area (Å²) in [6.07, 6.45) is 4.32. The van der Waals surface area contributed by atoms with Gasteiger partial charge in [0.05, 0.1) is 11.8 Å². The monoisotopic (exact) mass is 312 g/mol. The van der Waals surface area contributed by atoms with E-state index in [0.29, 0.717) is 6.61 Å². The van der Waals surface area contributed by atoms with E-state index >= 15 is 0 Å². The second-order valence-corrected chi connectivity index (χ2v) is 5.11. The lowest BCUT2D eigenvalue weighted by molar-refractivity contribution is -0.116. The Bertz CT molecular complexity index is 637. The molecule has 23 heavy (non-hydrogen) atoms. The zero-order chi connectivity index (χ0) is 16.5. The Kier molecular flexibility index (Phi) is 6.32. The van der Waals surface area contributed by atoms with Gasteiger partial charge in [-0.2, -0.15) is 0 Å². The molecule has 0 aliphatic rings. The summed E-state index contributed by atoms with van der Waals surface area (Å²) in [5.74, 6) is 0.507.